The minimum Gasteiger partial charge on any atom is -0.497 e. The van der Waals surface area contributed by atoms with Gasteiger partial charge in [-0.3, -0.25) is 10.1 Å². The molecule has 1 aromatic heterocycles. The maximum atomic E-state index is 11.3. The third kappa shape index (κ3) is 4.04. The first-order valence-electron chi connectivity index (χ1n) is 6.84. The van der Waals surface area contributed by atoms with Gasteiger partial charge in [0.1, 0.15) is 11.4 Å². The lowest BCUT2D eigenvalue weighted by Gasteiger charge is -2.10. The quantitative estimate of drug-likeness (QED) is 0.522. The normalized spacial score (nSPS) is 10.2. The summed E-state index contributed by atoms with van der Waals surface area (Å²) in [6.45, 7) is 1.68. The lowest BCUT2D eigenvalue weighted by atomic mass is 10.3. The second kappa shape index (κ2) is 7.36. The van der Waals surface area contributed by atoms with E-state index in [1.54, 1.807) is 31.4 Å². The van der Waals surface area contributed by atoms with Crippen molar-refractivity contribution in [3.05, 3.63) is 40.1 Å². The molecule has 0 saturated heterocycles. The van der Waals surface area contributed by atoms with Crippen LogP contribution in [0.5, 0.6) is 5.75 Å². The number of methoxy groups -OCH3 is 1. The number of nitro groups is 1. The van der Waals surface area contributed by atoms with Crippen LogP contribution in [0.25, 0.3) is 0 Å². The molecule has 122 valence electrons. The number of aliphatic hydroxyl groups excluding tert-OH is 1. The van der Waals surface area contributed by atoms with Crippen molar-refractivity contribution in [2.45, 2.75) is 6.92 Å². The van der Waals surface area contributed by atoms with E-state index < -0.39 is 4.92 Å². The molecule has 9 nitrogen and oxygen atoms in total. The summed E-state index contributed by atoms with van der Waals surface area (Å²) >= 11 is 0. The Kier molecular flexibility index (Phi) is 5.26. The molecule has 9 heteroatoms. The molecule has 0 amide bonds. The van der Waals surface area contributed by atoms with Crippen LogP contribution in [-0.2, 0) is 0 Å². The van der Waals surface area contributed by atoms with Crippen LogP contribution in [0.2, 0.25) is 0 Å². The fourth-order valence-electron chi connectivity index (χ4n) is 1.93. The van der Waals surface area contributed by atoms with Crippen LogP contribution in [0.4, 0.5) is 23.1 Å². The second-order valence-corrected chi connectivity index (χ2v) is 4.59. The number of nitrogens with zero attached hydrogens (tertiary/aromatic N) is 3. The van der Waals surface area contributed by atoms with E-state index in [1.807, 2.05) is 0 Å². The lowest BCUT2D eigenvalue weighted by molar-refractivity contribution is -0.385. The molecule has 0 aliphatic heterocycles. The van der Waals surface area contributed by atoms with Crippen molar-refractivity contribution in [1.82, 2.24) is 9.97 Å². The summed E-state index contributed by atoms with van der Waals surface area (Å²) < 4.78 is 5.07. The molecule has 1 heterocycles. The van der Waals surface area contributed by atoms with Crippen LogP contribution in [0.15, 0.2) is 24.3 Å². The molecule has 3 N–H and O–H groups in total. The predicted molar refractivity (Wildman–Crippen MR) is 85.3 cm³/mol. The Morgan fingerprint density at radius 3 is 2.57 bits per heavy atom. The van der Waals surface area contributed by atoms with Gasteiger partial charge in [-0.05, 0) is 31.2 Å². The minimum absolute atomic E-state index is 0.0770. The van der Waals surface area contributed by atoms with Crippen LogP contribution in [-0.4, -0.2) is 40.3 Å². The zero-order chi connectivity index (χ0) is 16.8. The zero-order valence-corrected chi connectivity index (χ0v) is 12.7. The Morgan fingerprint density at radius 1 is 1.30 bits per heavy atom. The van der Waals surface area contributed by atoms with Gasteiger partial charge >= 0.3 is 5.69 Å². The number of ether oxygens (including phenoxy) is 1. The minimum atomic E-state index is -0.531. The monoisotopic (exact) mass is 319 g/mol. The van der Waals surface area contributed by atoms with E-state index in [1.165, 1.54) is 6.92 Å². The highest BCUT2D eigenvalue weighted by Gasteiger charge is 2.22. The summed E-state index contributed by atoms with van der Waals surface area (Å²) in [6, 6.07) is 6.90. The number of hydrogen-bond acceptors (Lipinski definition) is 8. The van der Waals surface area contributed by atoms with E-state index >= 15 is 0 Å². The molecule has 0 saturated carbocycles. The third-order valence-electron chi connectivity index (χ3n) is 2.99. The van der Waals surface area contributed by atoms with E-state index in [9.17, 15) is 10.1 Å². The Balaban J connectivity index is 2.36. The van der Waals surface area contributed by atoms with Crippen molar-refractivity contribution in [1.29, 1.82) is 0 Å². The molecular formula is C14H17N5O4. The fourth-order valence-corrected chi connectivity index (χ4v) is 1.93. The van der Waals surface area contributed by atoms with Gasteiger partial charge in [0.25, 0.3) is 0 Å². The number of rotatable bonds is 7. The maximum absolute atomic E-state index is 11.3. The average Bonchev–Trinajstić information content (AvgIpc) is 2.53. The van der Waals surface area contributed by atoms with Gasteiger partial charge in [0, 0.05) is 12.2 Å². The first-order chi connectivity index (χ1) is 11.0. The highest BCUT2D eigenvalue weighted by Crippen LogP contribution is 2.29. The van der Waals surface area contributed by atoms with Crippen molar-refractivity contribution in [3.63, 3.8) is 0 Å². The predicted octanol–water partition coefficient (Wildman–Crippen LogP) is 1.85. The molecule has 0 aliphatic rings. The van der Waals surface area contributed by atoms with Gasteiger partial charge in [-0.1, -0.05) is 0 Å². The van der Waals surface area contributed by atoms with Crippen LogP contribution in [0.1, 0.15) is 5.69 Å². The number of aryl methyl sites for hydroxylation is 1. The first kappa shape index (κ1) is 16.4. The van der Waals surface area contributed by atoms with Gasteiger partial charge in [-0.15, -0.1) is 0 Å². The molecule has 2 rings (SSSR count). The smallest absolute Gasteiger partial charge is 0.332 e. The summed E-state index contributed by atoms with van der Waals surface area (Å²) in [7, 11) is 1.56. The van der Waals surface area contributed by atoms with Gasteiger partial charge in [0.05, 0.1) is 18.6 Å². The standard InChI is InChI=1S/C14H17N5O4/c1-9-12(19(21)22)13(18-14(16-9)15-7-8-20)17-10-3-5-11(23-2)6-4-10/h3-6,20H,7-8H2,1-2H3,(H2,15,16,17,18). The third-order valence-corrected chi connectivity index (χ3v) is 2.99. The Labute approximate surface area is 132 Å². The Bertz CT molecular complexity index is 690. The molecule has 0 unspecified atom stereocenters. The largest absolute Gasteiger partial charge is 0.497 e. The van der Waals surface area contributed by atoms with E-state index in [4.69, 9.17) is 9.84 Å². The number of aromatic nitrogens is 2. The topological polar surface area (TPSA) is 122 Å². The molecule has 2 aromatic rings. The van der Waals surface area contributed by atoms with E-state index in [-0.39, 0.29) is 36.3 Å². The second-order valence-electron chi connectivity index (χ2n) is 4.59. The van der Waals surface area contributed by atoms with Crippen molar-refractivity contribution in [2.75, 3.05) is 30.9 Å². The van der Waals surface area contributed by atoms with Gasteiger partial charge in [-0.25, -0.2) is 4.98 Å². The Morgan fingerprint density at radius 2 is 2.00 bits per heavy atom. The number of hydrogen-bond donors (Lipinski definition) is 3. The number of aliphatic hydroxyl groups is 1. The number of benzene rings is 1. The molecule has 0 aliphatic carbocycles. The van der Waals surface area contributed by atoms with Crippen LogP contribution in [0, 0.1) is 17.0 Å². The highest BCUT2D eigenvalue weighted by atomic mass is 16.6. The molecule has 0 bridgehead atoms. The van der Waals surface area contributed by atoms with Crippen LogP contribution < -0.4 is 15.4 Å². The average molecular weight is 319 g/mol. The van der Waals surface area contributed by atoms with Crippen molar-refractivity contribution in [2.24, 2.45) is 0 Å². The SMILES string of the molecule is COc1ccc(Nc2nc(NCCO)nc(C)c2[N+](=O)[O-])cc1. The van der Waals surface area contributed by atoms with E-state index in [2.05, 4.69) is 20.6 Å². The first-order valence-corrected chi connectivity index (χ1v) is 6.84. The zero-order valence-electron chi connectivity index (χ0n) is 12.7. The van der Waals surface area contributed by atoms with Gasteiger partial charge in [0.2, 0.25) is 11.8 Å². The van der Waals surface area contributed by atoms with E-state index in [0.29, 0.717) is 11.4 Å². The molecule has 0 fully saturated rings. The summed E-state index contributed by atoms with van der Waals surface area (Å²) in [6.07, 6.45) is 0. The molecule has 1 aromatic carbocycles. The van der Waals surface area contributed by atoms with Gasteiger partial charge in [0.15, 0.2) is 0 Å². The summed E-state index contributed by atoms with van der Waals surface area (Å²) in [5, 5.41) is 25.8. The van der Waals surface area contributed by atoms with Gasteiger partial charge < -0.3 is 20.5 Å². The Hall–Kier alpha value is -2.94. The maximum Gasteiger partial charge on any atom is 0.332 e. The van der Waals surface area contributed by atoms with E-state index in [0.717, 1.165) is 0 Å². The molecule has 0 spiro atoms. The lowest BCUT2D eigenvalue weighted by Crippen LogP contribution is -2.12. The number of nitrogens with one attached hydrogen (secondary N) is 2. The number of anilines is 3. The van der Waals surface area contributed by atoms with Crippen molar-refractivity contribution >= 4 is 23.1 Å². The molecule has 0 atom stereocenters. The van der Waals surface area contributed by atoms with Crippen molar-refractivity contribution in [3.8, 4) is 5.75 Å². The summed E-state index contributed by atoms with van der Waals surface area (Å²) in [5.41, 5.74) is 0.650. The highest BCUT2D eigenvalue weighted by molar-refractivity contribution is 5.68. The summed E-state index contributed by atoms with van der Waals surface area (Å²) in [4.78, 5) is 18.9. The molecular weight excluding hydrogens is 302 g/mol. The van der Waals surface area contributed by atoms with Gasteiger partial charge in [-0.2, -0.15) is 4.98 Å². The molecule has 23 heavy (non-hydrogen) atoms. The van der Waals surface area contributed by atoms with Crippen LogP contribution in [0.3, 0.4) is 0 Å². The van der Waals surface area contributed by atoms with Crippen molar-refractivity contribution < 1.29 is 14.8 Å². The fraction of sp³-hybridized carbons (Fsp3) is 0.286. The molecule has 0 radical (unpaired) electrons. The summed E-state index contributed by atoms with van der Waals surface area (Å²) in [5.74, 6) is 0.959. The van der Waals surface area contributed by atoms with Crippen LogP contribution >= 0.6 is 0 Å².